The molecule has 0 amide bonds. The molecule has 0 bridgehead atoms. The van der Waals surface area contributed by atoms with Crippen molar-refractivity contribution in [1.82, 2.24) is 5.32 Å². The van der Waals surface area contributed by atoms with Gasteiger partial charge in [-0.2, -0.15) is 0 Å². The SMILES string of the molecule is CCC(CN)NC(C)C(C)CO. The molecule has 74 valence electrons. The van der Waals surface area contributed by atoms with E-state index in [0.717, 1.165) is 6.42 Å². The maximum absolute atomic E-state index is 8.89. The Hall–Kier alpha value is -0.120. The third-order valence-corrected chi connectivity index (χ3v) is 2.42. The summed E-state index contributed by atoms with van der Waals surface area (Å²) in [5.74, 6) is 0.297. The van der Waals surface area contributed by atoms with Crippen LogP contribution in [0.3, 0.4) is 0 Å². The van der Waals surface area contributed by atoms with Crippen LogP contribution in [0.4, 0.5) is 0 Å². The summed E-state index contributed by atoms with van der Waals surface area (Å²) in [6, 6.07) is 0.720. The Bertz CT molecular complexity index is 105. The molecule has 0 aromatic rings. The van der Waals surface area contributed by atoms with Crippen molar-refractivity contribution in [2.45, 2.75) is 39.3 Å². The first-order valence-electron chi connectivity index (χ1n) is 4.72. The fourth-order valence-corrected chi connectivity index (χ4v) is 1.05. The minimum Gasteiger partial charge on any atom is -0.396 e. The van der Waals surface area contributed by atoms with Crippen molar-refractivity contribution in [3.8, 4) is 0 Å². The Labute approximate surface area is 75.3 Å². The molecule has 0 heterocycles. The van der Waals surface area contributed by atoms with Crippen LogP contribution in [-0.4, -0.2) is 30.3 Å². The molecule has 0 saturated heterocycles. The third-order valence-electron chi connectivity index (χ3n) is 2.42. The van der Waals surface area contributed by atoms with E-state index in [1.54, 1.807) is 0 Å². The largest absolute Gasteiger partial charge is 0.396 e. The van der Waals surface area contributed by atoms with Gasteiger partial charge < -0.3 is 16.2 Å². The summed E-state index contributed by atoms with van der Waals surface area (Å²) in [7, 11) is 0. The molecule has 0 aliphatic rings. The number of nitrogens with one attached hydrogen (secondary N) is 1. The third kappa shape index (κ3) is 4.04. The highest BCUT2D eigenvalue weighted by atomic mass is 16.3. The van der Waals surface area contributed by atoms with Crippen LogP contribution >= 0.6 is 0 Å². The summed E-state index contributed by atoms with van der Waals surface area (Å²) in [6.45, 7) is 7.12. The van der Waals surface area contributed by atoms with Crippen LogP contribution in [0.1, 0.15) is 27.2 Å². The highest BCUT2D eigenvalue weighted by Gasteiger charge is 2.13. The monoisotopic (exact) mass is 174 g/mol. The molecule has 0 saturated carbocycles. The van der Waals surface area contributed by atoms with Crippen molar-refractivity contribution < 1.29 is 5.11 Å². The van der Waals surface area contributed by atoms with E-state index in [2.05, 4.69) is 19.2 Å². The van der Waals surface area contributed by atoms with Crippen molar-refractivity contribution >= 4 is 0 Å². The number of rotatable bonds is 6. The first kappa shape index (κ1) is 11.9. The summed E-state index contributed by atoms with van der Waals surface area (Å²) in [5.41, 5.74) is 5.55. The molecule has 0 rings (SSSR count). The van der Waals surface area contributed by atoms with Gasteiger partial charge in [0.05, 0.1) is 0 Å². The van der Waals surface area contributed by atoms with E-state index in [4.69, 9.17) is 10.8 Å². The van der Waals surface area contributed by atoms with E-state index in [-0.39, 0.29) is 6.61 Å². The van der Waals surface area contributed by atoms with Crippen LogP contribution < -0.4 is 11.1 Å². The van der Waals surface area contributed by atoms with Crippen LogP contribution in [0.2, 0.25) is 0 Å². The Morgan fingerprint density at radius 1 is 1.42 bits per heavy atom. The van der Waals surface area contributed by atoms with Gasteiger partial charge in [0.2, 0.25) is 0 Å². The van der Waals surface area contributed by atoms with Gasteiger partial charge in [-0.15, -0.1) is 0 Å². The lowest BCUT2D eigenvalue weighted by molar-refractivity contribution is 0.200. The Morgan fingerprint density at radius 2 is 2.00 bits per heavy atom. The molecule has 0 spiro atoms. The molecular formula is C9H22N2O. The van der Waals surface area contributed by atoms with Crippen LogP contribution in [0.25, 0.3) is 0 Å². The Balaban J connectivity index is 3.72. The molecule has 0 aliphatic heterocycles. The van der Waals surface area contributed by atoms with Crippen molar-refractivity contribution in [2.75, 3.05) is 13.2 Å². The number of hydrogen-bond donors (Lipinski definition) is 3. The van der Waals surface area contributed by atoms with Gasteiger partial charge in [0, 0.05) is 25.2 Å². The van der Waals surface area contributed by atoms with Crippen molar-refractivity contribution in [3.63, 3.8) is 0 Å². The van der Waals surface area contributed by atoms with Crippen molar-refractivity contribution in [1.29, 1.82) is 0 Å². The molecule has 0 aliphatic carbocycles. The molecule has 3 unspecified atom stereocenters. The van der Waals surface area contributed by atoms with E-state index >= 15 is 0 Å². The predicted molar refractivity (Wildman–Crippen MR) is 52.0 cm³/mol. The molecule has 12 heavy (non-hydrogen) atoms. The fraction of sp³-hybridized carbons (Fsp3) is 1.00. The zero-order chi connectivity index (χ0) is 9.56. The molecule has 4 N–H and O–H groups in total. The molecule has 3 atom stereocenters. The number of aliphatic hydroxyl groups is 1. The van der Waals surface area contributed by atoms with Crippen LogP contribution in [-0.2, 0) is 0 Å². The lowest BCUT2D eigenvalue weighted by Gasteiger charge is -2.24. The van der Waals surface area contributed by atoms with E-state index in [9.17, 15) is 0 Å². The van der Waals surface area contributed by atoms with Crippen LogP contribution in [0.5, 0.6) is 0 Å². The Morgan fingerprint density at radius 3 is 2.33 bits per heavy atom. The molecular weight excluding hydrogens is 152 g/mol. The average Bonchev–Trinajstić information content (AvgIpc) is 2.12. The van der Waals surface area contributed by atoms with E-state index < -0.39 is 0 Å². The summed E-state index contributed by atoms with van der Waals surface area (Å²) in [6.07, 6.45) is 1.04. The van der Waals surface area contributed by atoms with Crippen molar-refractivity contribution in [3.05, 3.63) is 0 Å². The molecule has 3 heteroatoms. The highest BCUT2D eigenvalue weighted by molar-refractivity contribution is 4.74. The molecule has 3 nitrogen and oxygen atoms in total. The van der Waals surface area contributed by atoms with Gasteiger partial charge in [0.25, 0.3) is 0 Å². The zero-order valence-corrected chi connectivity index (χ0v) is 8.38. The zero-order valence-electron chi connectivity index (χ0n) is 8.38. The Kier molecular flexibility index (Phi) is 6.34. The topological polar surface area (TPSA) is 58.3 Å². The van der Waals surface area contributed by atoms with Gasteiger partial charge in [0.15, 0.2) is 0 Å². The van der Waals surface area contributed by atoms with Gasteiger partial charge in [-0.1, -0.05) is 13.8 Å². The number of hydrogen-bond acceptors (Lipinski definition) is 3. The van der Waals surface area contributed by atoms with Gasteiger partial charge >= 0.3 is 0 Å². The fourth-order valence-electron chi connectivity index (χ4n) is 1.05. The van der Waals surface area contributed by atoms with Gasteiger partial charge in [-0.3, -0.25) is 0 Å². The maximum Gasteiger partial charge on any atom is 0.0471 e. The van der Waals surface area contributed by atoms with Gasteiger partial charge in [0.1, 0.15) is 0 Å². The molecule has 0 aromatic heterocycles. The first-order chi connectivity index (χ1) is 5.65. The lowest BCUT2D eigenvalue weighted by Crippen LogP contribution is -2.44. The molecule has 0 fully saturated rings. The summed E-state index contributed by atoms with van der Waals surface area (Å²) < 4.78 is 0. The van der Waals surface area contributed by atoms with Crippen LogP contribution in [0.15, 0.2) is 0 Å². The summed E-state index contributed by atoms with van der Waals surface area (Å²) >= 11 is 0. The minimum absolute atomic E-state index is 0.231. The van der Waals surface area contributed by atoms with Crippen molar-refractivity contribution in [2.24, 2.45) is 11.7 Å². The second-order valence-corrected chi connectivity index (χ2v) is 3.46. The maximum atomic E-state index is 8.89. The molecule has 0 aromatic carbocycles. The summed E-state index contributed by atoms with van der Waals surface area (Å²) in [5, 5.41) is 12.3. The van der Waals surface area contributed by atoms with Gasteiger partial charge in [-0.05, 0) is 19.3 Å². The summed E-state index contributed by atoms with van der Waals surface area (Å²) in [4.78, 5) is 0. The smallest absolute Gasteiger partial charge is 0.0471 e. The average molecular weight is 174 g/mol. The second-order valence-electron chi connectivity index (χ2n) is 3.46. The quantitative estimate of drug-likeness (QED) is 0.544. The number of aliphatic hydroxyl groups excluding tert-OH is 1. The normalized spacial score (nSPS) is 18.8. The van der Waals surface area contributed by atoms with E-state index in [1.807, 2.05) is 6.92 Å². The highest BCUT2D eigenvalue weighted by Crippen LogP contribution is 2.02. The number of nitrogens with two attached hydrogens (primary N) is 1. The van der Waals surface area contributed by atoms with Crippen LogP contribution in [0, 0.1) is 5.92 Å². The lowest BCUT2D eigenvalue weighted by atomic mass is 10.0. The second kappa shape index (κ2) is 6.40. The van der Waals surface area contributed by atoms with E-state index in [1.165, 1.54) is 0 Å². The first-order valence-corrected chi connectivity index (χ1v) is 4.72. The molecule has 0 radical (unpaired) electrons. The minimum atomic E-state index is 0.231. The van der Waals surface area contributed by atoms with E-state index in [0.29, 0.717) is 24.5 Å². The standard InChI is InChI=1S/C9H22N2O/c1-4-9(5-10)11-8(3)7(2)6-12/h7-9,11-12H,4-6,10H2,1-3H3. The van der Waals surface area contributed by atoms with Gasteiger partial charge in [-0.25, -0.2) is 0 Å². The predicted octanol–water partition coefficient (Wildman–Crippen LogP) is 0.330.